The number of rotatable bonds is 5. The zero-order valence-corrected chi connectivity index (χ0v) is 18.7. The van der Waals surface area contributed by atoms with Gasteiger partial charge in [0.1, 0.15) is 17.3 Å². The maximum absolute atomic E-state index is 13.3. The molecule has 1 amide bonds. The fourth-order valence-electron chi connectivity index (χ4n) is 3.54. The summed E-state index contributed by atoms with van der Waals surface area (Å²) in [6.45, 7) is 0.108. The number of aliphatic hydroxyl groups excluding tert-OH is 1. The first-order valence-corrected chi connectivity index (χ1v) is 11.0. The fraction of sp³-hybridized carbons (Fsp3) is 0.130. The second kappa shape index (κ2) is 8.64. The molecule has 1 aliphatic rings. The molecule has 1 aromatic heterocycles. The Balaban J connectivity index is 1.81. The van der Waals surface area contributed by atoms with Crippen LogP contribution in [0.3, 0.4) is 0 Å². The summed E-state index contributed by atoms with van der Waals surface area (Å²) in [4.78, 5) is 28.1. The van der Waals surface area contributed by atoms with E-state index in [0.717, 1.165) is 4.88 Å². The topological polar surface area (TPSA) is 66.8 Å². The van der Waals surface area contributed by atoms with Gasteiger partial charge in [0, 0.05) is 17.0 Å². The van der Waals surface area contributed by atoms with Gasteiger partial charge < -0.3 is 14.7 Å². The van der Waals surface area contributed by atoms with E-state index in [1.54, 1.807) is 30.3 Å². The number of nitrogens with zero attached hydrogens (tertiary/aromatic N) is 1. The van der Waals surface area contributed by atoms with E-state index in [-0.39, 0.29) is 23.7 Å². The minimum absolute atomic E-state index is 0.0200. The number of hydrogen-bond acceptors (Lipinski definition) is 5. The molecule has 3 aromatic rings. The van der Waals surface area contributed by atoms with Crippen molar-refractivity contribution in [1.29, 1.82) is 0 Å². The Kier molecular flexibility index (Phi) is 5.93. The zero-order valence-electron chi connectivity index (χ0n) is 16.3. The van der Waals surface area contributed by atoms with Gasteiger partial charge in [0.2, 0.25) is 0 Å². The monoisotopic (exact) mass is 501 g/mol. The maximum atomic E-state index is 13.3. The van der Waals surface area contributed by atoms with Crippen LogP contribution in [-0.4, -0.2) is 28.8 Å². The van der Waals surface area contributed by atoms with Crippen molar-refractivity contribution in [1.82, 2.24) is 4.90 Å². The number of likely N-dealkylation sites (tertiary alicyclic amines) is 1. The second-order valence-corrected chi connectivity index (χ2v) is 8.75. The van der Waals surface area contributed by atoms with Gasteiger partial charge in [-0.25, -0.2) is 4.39 Å². The summed E-state index contributed by atoms with van der Waals surface area (Å²) in [7, 11) is 1.53. The van der Waals surface area contributed by atoms with Crippen molar-refractivity contribution in [3.63, 3.8) is 0 Å². The molecule has 1 atom stereocenters. The van der Waals surface area contributed by atoms with Gasteiger partial charge in [-0.15, -0.1) is 11.3 Å². The van der Waals surface area contributed by atoms with Gasteiger partial charge in [-0.3, -0.25) is 9.59 Å². The highest BCUT2D eigenvalue weighted by Crippen LogP contribution is 2.42. The molecule has 5 nitrogen and oxygen atoms in total. The van der Waals surface area contributed by atoms with Crippen LogP contribution in [0, 0.1) is 5.82 Å². The van der Waals surface area contributed by atoms with E-state index in [9.17, 15) is 19.1 Å². The van der Waals surface area contributed by atoms with Gasteiger partial charge in [-0.2, -0.15) is 0 Å². The normalized spacial score (nSPS) is 17.9. The van der Waals surface area contributed by atoms with Crippen molar-refractivity contribution in [2.75, 3.05) is 7.11 Å². The number of Topliss-reactive ketones (excluding diaryl/α,β-unsaturated/α-hetero) is 1. The van der Waals surface area contributed by atoms with E-state index in [1.807, 2.05) is 17.5 Å². The van der Waals surface area contributed by atoms with E-state index in [2.05, 4.69) is 15.9 Å². The van der Waals surface area contributed by atoms with Crippen molar-refractivity contribution < 1.29 is 23.8 Å². The average molecular weight is 502 g/mol. The minimum Gasteiger partial charge on any atom is -0.507 e. The number of carbonyl (C=O) groups excluding carboxylic acids is 2. The highest BCUT2D eigenvalue weighted by atomic mass is 79.9. The molecule has 2 heterocycles. The van der Waals surface area contributed by atoms with Crippen LogP contribution in [0.5, 0.6) is 5.75 Å². The molecule has 0 saturated carbocycles. The first kappa shape index (κ1) is 21.3. The maximum Gasteiger partial charge on any atom is 0.295 e. The molecule has 31 heavy (non-hydrogen) atoms. The largest absolute Gasteiger partial charge is 0.507 e. The molecule has 1 saturated heterocycles. The number of carbonyl (C=O) groups is 2. The molecule has 8 heteroatoms. The molecule has 0 aliphatic carbocycles. The van der Waals surface area contributed by atoms with Crippen LogP contribution in [-0.2, 0) is 16.1 Å². The van der Waals surface area contributed by atoms with Crippen LogP contribution in [0.4, 0.5) is 4.39 Å². The molecule has 0 radical (unpaired) electrons. The summed E-state index contributed by atoms with van der Waals surface area (Å²) in [6.07, 6.45) is 0. The minimum atomic E-state index is -0.759. The summed E-state index contributed by atoms with van der Waals surface area (Å²) in [5.74, 6) is -1.54. The van der Waals surface area contributed by atoms with Crippen LogP contribution in [0.1, 0.15) is 22.0 Å². The van der Waals surface area contributed by atoms with Gasteiger partial charge in [-0.1, -0.05) is 18.2 Å². The summed E-state index contributed by atoms with van der Waals surface area (Å²) >= 11 is 4.76. The first-order chi connectivity index (χ1) is 14.9. The second-order valence-electron chi connectivity index (χ2n) is 6.92. The van der Waals surface area contributed by atoms with E-state index < -0.39 is 17.7 Å². The molecule has 1 aliphatic heterocycles. The number of amides is 1. The van der Waals surface area contributed by atoms with Crippen LogP contribution < -0.4 is 4.74 Å². The third-order valence-corrected chi connectivity index (χ3v) is 6.59. The number of hydrogen-bond donors (Lipinski definition) is 1. The lowest BCUT2D eigenvalue weighted by Crippen LogP contribution is -2.28. The molecular formula is C23H17BrFNO4S. The van der Waals surface area contributed by atoms with Crippen molar-refractivity contribution in [3.8, 4) is 5.75 Å². The lowest BCUT2D eigenvalue weighted by molar-refractivity contribution is -0.140. The summed E-state index contributed by atoms with van der Waals surface area (Å²) < 4.78 is 19.1. The summed E-state index contributed by atoms with van der Waals surface area (Å²) in [6, 6.07) is 13.6. The lowest BCUT2D eigenvalue weighted by atomic mass is 9.99. The van der Waals surface area contributed by atoms with E-state index in [0.29, 0.717) is 21.3 Å². The first-order valence-electron chi connectivity index (χ1n) is 9.31. The Morgan fingerprint density at radius 1 is 1.19 bits per heavy atom. The standard InChI is InChI=1S/C23H17BrFNO4S/c1-30-17-9-6-14(11-16(17)24)21(27)19-20(18-3-2-10-31-18)26(23(29)22(19)28)12-13-4-7-15(25)8-5-13/h2-11,20,27H,12H2,1H3/b21-19-. The number of ketones is 1. The van der Waals surface area contributed by atoms with Crippen molar-refractivity contribution in [3.05, 3.63) is 91.8 Å². The number of benzene rings is 2. The molecule has 1 fully saturated rings. The van der Waals surface area contributed by atoms with Crippen LogP contribution in [0.2, 0.25) is 0 Å². The highest BCUT2D eigenvalue weighted by Gasteiger charge is 2.46. The quantitative estimate of drug-likeness (QED) is 0.293. The highest BCUT2D eigenvalue weighted by molar-refractivity contribution is 9.10. The zero-order chi connectivity index (χ0) is 22.1. The third kappa shape index (κ3) is 4.00. The number of methoxy groups -OCH3 is 1. The molecular weight excluding hydrogens is 485 g/mol. The number of halogens is 2. The SMILES string of the molecule is COc1ccc(/C(O)=C2/C(=O)C(=O)N(Cc3ccc(F)cc3)C2c2cccs2)cc1Br. The van der Waals surface area contributed by atoms with Gasteiger partial charge in [0.05, 0.1) is 23.2 Å². The third-order valence-electron chi connectivity index (χ3n) is 5.04. The Morgan fingerprint density at radius 2 is 1.94 bits per heavy atom. The van der Waals surface area contributed by atoms with Gasteiger partial charge in [0.25, 0.3) is 11.7 Å². The Labute approximate surface area is 190 Å². The summed E-state index contributed by atoms with van der Waals surface area (Å²) in [5.41, 5.74) is 1.08. The average Bonchev–Trinajstić information content (AvgIpc) is 3.37. The number of thiophene rings is 1. The Hall–Kier alpha value is -2.97. The van der Waals surface area contributed by atoms with E-state index in [4.69, 9.17) is 4.74 Å². The molecule has 2 aromatic carbocycles. The predicted molar refractivity (Wildman–Crippen MR) is 119 cm³/mol. The van der Waals surface area contributed by atoms with Gasteiger partial charge in [0.15, 0.2) is 0 Å². The molecule has 0 bridgehead atoms. The predicted octanol–water partition coefficient (Wildman–Crippen LogP) is 5.28. The Bertz CT molecular complexity index is 1170. The lowest BCUT2D eigenvalue weighted by Gasteiger charge is -2.24. The van der Waals surface area contributed by atoms with Crippen LogP contribution >= 0.6 is 27.3 Å². The van der Waals surface area contributed by atoms with Gasteiger partial charge >= 0.3 is 0 Å². The van der Waals surface area contributed by atoms with Gasteiger partial charge in [-0.05, 0) is 63.3 Å². The molecule has 1 unspecified atom stereocenters. The van der Waals surface area contributed by atoms with E-state index >= 15 is 0 Å². The fourth-order valence-corrected chi connectivity index (χ4v) is 4.93. The summed E-state index contributed by atoms with van der Waals surface area (Å²) in [5, 5.41) is 12.9. The van der Waals surface area contributed by atoms with Crippen molar-refractivity contribution >= 4 is 44.7 Å². The smallest absolute Gasteiger partial charge is 0.295 e. The molecule has 158 valence electrons. The molecule has 1 N–H and O–H groups in total. The number of ether oxygens (including phenoxy) is 1. The number of aliphatic hydroxyl groups is 1. The van der Waals surface area contributed by atoms with Crippen LogP contribution in [0.25, 0.3) is 5.76 Å². The van der Waals surface area contributed by atoms with E-state index in [1.165, 1.54) is 35.5 Å². The Morgan fingerprint density at radius 3 is 2.55 bits per heavy atom. The molecule has 0 spiro atoms. The van der Waals surface area contributed by atoms with Crippen LogP contribution in [0.15, 0.2) is 70.0 Å². The molecule has 4 rings (SSSR count). The van der Waals surface area contributed by atoms with Crippen molar-refractivity contribution in [2.24, 2.45) is 0 Å². The van der Waals surface area contributed by atoms with Crippen molar-refractivity contribution in [2.45, 2.75) is 12.6 Å².